The Hall–Kier alpha value is -3.32. The minimum Gasteiger partial charge on any atom is -0.497 e. The van der Waals surface area contributed by atoms with E-state index in [0.29, 0.717) is 17.2 Å². The third-order valence-electron chi connectivity index (χ3n) is 4.07. The number of carbonyl (C=O) groups excluding carboxylic acids is 1. The zero-order valence-electron chi connectivity index (χ0n) is 16.4. The highest BCUT2D eigenvalue weighted by molar-refractivity contribution is 7.13. The Morgan fingerprint density at radius 1 is 1.03 bits per heavy atom. The molecule has 6 nitrogen and oxygen atoms in total. The number of aromatic nitrogens is 1. The van der Waals surface area contributed by atoms with E-state index in [9.17, 15) is 4.79 Å². The lowest BCUT2D eigenvalue weighted by molar-refractivity contribution is -0.139. The van der Waals surface area contributed by atoms with Crippen molar-refractivity contribution in [2.75, 3.05) is 21.3 Å². The highest BCUT2D eigenvalue weighted by atomic mass is 32.1. The lowest BCUT2D eigenvalue weighted by atomic mass is 10.2. The maximum absolute atomic E-state index is 12.1. The summed E-state index contributed by atoms with van der Waals surface area (Å²) in [6.45, 7) is 0.101. The molecule has 0 fully saturated rings. The van der Waals surface area contributed by atoms with Crippen molar-refractivity contribution in [1.82, 2.24) is 4.98 Å². The van der Waals surface area contributed by atoms with Crippen LogP contribution in [0.3, 0.4) is 0 Å². The normalized spacial score (nSPS) is 10.7. The topological polar surface area (TPSA) is 66.9 Å². The molecule has 0 spiro atoms. The Bertz CT molecular complexity index is 1010. The van der Waals surface area contributed by atoms with Gasteiger partial charge in [0, 0.05) is 28.6 Å². The first-order chi connectivity index (χ1) is 14.1. The third-order valence-corrected chi connectivity index (χ3v) is 5.01. The summed E-state index contributed by atoms with van der Waals surface area (Å²) >= 11 is 1.49. The van der Waals surface area contributed by atoms with Crippen LogP contribution in [0.25, 0.3) is 16.6 Å². The fourth-order valence-electron chi connectivity index (χ4n) is 2.57. The molecule has 0 aliphatic heterocycles. The Kier molecular flexibility index (Phi) is 6.86. The van der Waals surface area contributed by atoms with Crippen molar-refractivity contribution in [3.8, 4) is 27.8 Å². The number of esters is 1. The van der Waals surface area contributed by atoms with Crippen LogP contribution in [0, 0.1) is 0 Å². The molecule has 0 N–H and O–H groups in total. The summed E-state index contributed by atoms with van der Waals surface area (Å²) in [5, 5.41) is 2.71. The van der Waals surface area contributed by atoms with Crippen molar-refractivity contribution in [1.29, 1.82) is 0 Å². The van der Waals surface area contributed by atoms with Gasteiger partial charge in [0.1, 0.15) is 28.9 Å². The van der Waals surface area contributed by atoms with Crippen LogP contribution in [-0.4, -0.2) is 32.3 Å². The number of nitrogens with zero attached hydrogens (tertiary/aromatic N) is 1. The van der Waals surface area contributed by atoms with Crippen LogP contribution in [0.5, 0.6) is 17.2 Å². The van der Waals surface area contributed by atoms with Crippen molar-refractivity contribution in [3.05, 3.63) is 65.2 Å². The molecule has 150 valence electrons. The van der Waals surface area contributed by atoms with Gasteiger partial charge < -0.3 is 18.9 Å². The molecule has 3 aromatic rings. The molecular formula is C22H21NO5S. The molecule has 0 bridgehead atoms. The molecule has 0 unspecified atom stereocenters. The molecule has 0 atom stereocenters. The molecule has 29 heavy (non-hydrogen) atoms. The second kappa shape index (κ2) is 9.75. The number of carbonyl (C=O) groups is 1. The summed E-state index contributed by atoms with van der Waals surface area (Å²) in [6.07, 6.45) is 3.00. The lowest BCUT2D eigenvalue weighted by Gasteiger charge is -2.07. The molecular weight excluding hydrogens is 390 g/mol. The van der Waals surface area contributed by atoms with E-state index in [1.807, 2.05) is 35.7 Å². The molecule has 3 rings (SSSR count). The number of benzene rings is 2. The molecule has 0 radical (unpaired) electrons. The van der Waals surface area contributed by atoms with Crippen molar-refractivity contribution >= 4 is 23.4 Å². The summed E-state index contributed by atoms with van der Waals surface area (Å²) < 4.78 is 21.0. The smallest absolute Gasteiger partial charge is 0.331 e. The predicted octanol–water partition coefficient (Wildman–Crippen LogP) is 4.59. The number of ether oxygens (including phenoxy) is 4. The maximum Gasteiger partial charge on any atom is 0.331 e. The zero-order chi connectivity index (χ0) is 20.6. The van der Waals surface area contributed by atoms with Crippen molar-refractivity contribution in [3.63, 3.8) is 0 Å². The maximum atomic E-state index is 12.1. The zero-order valence-corrected chi connectivity index (χ0v) is 17.2. The lowest BCUT2D eigenvalue weighted by Crippen LogP contribution is -2.01. The monoisotopic (exact) mass is 411 g/mol. The van der Waals surface area contributed by atoms with Gasteiger partial charge in [-0.3, -0.25) is 0 Å². The van der Waals surface area contributed by atoms with Gasteiger partial charge >= 0.3 is 5.97 Å². The van der Waals surface area contributed by atoms with Gasteiger partial charge in [-0.05, 0) is 30.3 Å². The van der Waals surface area contributed by atoms with Gasteiger partial charge in [0.25, 0.3) is 0 Å². The molecule has 0 aliphatic rings. The van der Waals surface area contributed by atoms with Crippen molar-refractivity contribution in [2.45, 2.75) is 6.61 Å². The van der Waals surface area contributed by atoms with Gasteiger partial charge in [-0.15, -0.1) is 11.3 Å². The van der Waals surface area contributed by atoms with E-state index in [-0.39, 0.29) is 6.61 Å². The van der Waals surface area contributed by atoms with Gasteiger partial charge in [-0.25, -0.2) is 9.78 Å². The Balaban J connectivity index is 1.60. The molecule has 2 aromatic carbocycles. The summed E-state index contributed by atoms with van der Waals surface area (Å²) in [5.41, 5.74) is 2.40. The van der Waals surface area contributed by atoms with E-state index in [1.54, 1.807) is 39.5 Å². The first-order valence-corrected chi connectivity index (χ1v) is 9.66. The average molecular weight is 411 g/mol. The second-order valence-corrected chi connectivity index (χ2v) is 6.78. The van der Waals surface area contributed by atoms with E-state index in [0.717, 1.165) is 21.9 Å². The fourth-order valence-corrected chi connectivity index (χ4v) is 3.37. The first kappa shape index (κ1) is 20.4. The summed E-state index contributed by atoms with van der Waals surface area (Å²) in [6, 6.07) is 13.0. The molecule has 0 saturated carbocycles. The predicted molar refractivity (Wildman–Crippen MR) is 112 cm³/mol. The van der Waals surface area contributed by atoms with Gasteiger partial charge in [0.15, 0.2) is 0 Å². The number of hydrogen-bond donors (Lipinski definition) is 0. The Morgan fingerprint density at radius 2 is 1.83 bits per heavy atom. The van der Waals surface area contributed by atoms with Gasteiger partial charge in [-0.2, -0.15) is 0 Å². The minimum absolute atomic E-state index is 0.101. The highest BCUT2D eigenvalue weighted by Gasteiger charge is 2.08. The number of rotatable bonds is 8. The minimum atomic E-state index is -0.459. The van der Waals surface area contributed by atoms with Gasteiger partial charge in [0.2, 0.25) is 0 Å². The van der Waals surface area contributed by atoms with Gasteiger partial charge in [0.05, 0.1) is 27.0 Å². The third kappa shape index (κ3) is 5.36. The van der Waals surface area contributed by atoms with Gasteiger partial charge in [-0.1, -0.05) is 12.1 Å². The molecule has 1 heterocycles. The van der Waals surface area contributed by atoms with E-state index >= 15 is 0 Å². The highest BCUT2D eigenvalue weighted by Crippen LogP contribution is 2.27. The van der Waals surface area contributed by atoms with Crippen LogP contribution in [0.4, 0.5) is 0 Å². The second-order valence-electron chi connectivity index (χ2n) is 5.92. The number of thiazole rings is 1. The summed E-state index contributed by atoms with van der Waals surface area (Å²) in [4.78, 5) is 16.6. The van der Waals surface area contributed by atoms with E-state index in [2.05, 4.69) is 4.98 Å². The van der Waals surface area contributed by atoms with E-state index < -0.39 is 5.97 Å². The number of hydrogen-bond acceptors (Lipinski definition) is 7. The van der Waals surface area contributed by atoms with Crippen LogP contribution in [0.1, 0.15) is 11.3 Å². The molecule has 1 aromatic heterocycles. The molecule has 0 saturated heterocycles. The Morgan fingerprint density at radius 3 is 2.59 bits per heavy atom. The van der Waals surface area contributed by atoms with Crippen molar-refractivity contribution < 1.29 is 23.7 Å². The largest absolute Gasteiger partial charge is 0.497 e. The molecule has 0 amide bonds. The Labute approximate surface area is 173 Å². The van der Waals surface area contributed by atoms with E-state index in [4.69, 9.17) is 18.9 Å². The molecule has 7 heteroatoms. The summed E-state index contributed by atoms with van der Waals surface area (Å²) in [7, 11) is 4.77. The average Bonchev–Trinajstić information content (AvgIpc) is 3.25. The van der Waals surface area contributed by atoms with Crippen LogP contribution in [-0.2, 0) is 16.1 Å². The van der Waals surface area contributed by atoms with Crippen LogP contribution >= 0.6 is 11.3 Å². The SMILES string of the molecule is COc1cccc(-c2nc(COC(=O)/C=C/c3ccc(OC)cc3OC)cs2)c1. The standard InChI is InChI=1S/C22H21NO5S/c1-25-18-6-4-5-16(11-18)22-23-17(14-29-22)13-28-21(24)10-8-15-7-9-19(26-2)12-20(15)27-3/h4-12,14H,13H2,1-3H3/b10-8+. The van der Waals surface area contributed by atoms with Crippen molar-refractivity contribution in [2.24, 2.45) is 0 Å². The summed E-state index contributed by atoms with van der Waals surface area (Å²) in [5.74, 6) is 1.59. The van der Waals surface area contributed by atoms with Crippen LogP contribution < -0.4 is 14.2 Å². The van der Waals surface area contributed by atoms with Crippen LogP contribution in [0.2, 0.25) is 0 Å². The first-order valence-electron chi connectivity index (χ1n) is 8.78. The van der Waals surface area contributed by atoms with E-state index in [1.165, 1.54) is 17.4 Å². The fraction of sp³-hybridized carbons (Fsp3) is 0.182. The number of methoxy groups -OCH3 is 3. The molecule has 0 aliphatic carbocycles. The quantitative estimate of drug-likeness (QED) is 0.399. The van der Waals surface area contributed by atoms with Crippen LogP contribution in [0.15, 0.2) is 53.9 Å².